The highest BCUT2D eigenvalue weighted by atomic mass is 19.1. The number of halogens is 1. The lowest BCUT2D eigenvalue weighted by atomic mass is 10.0. The molecule has 1 N–H and O–H groups in total. The molecule has 0 saturated heterocycles. The summed E-state index contributed by atoms with van der Waals surface area (Å²) in [7, 11) is 1.36. The van der Waals surface area contributed by atoms with Crippen molar-refractivity contribution in [2.45, 2.75) is 19.9 Å². The molecular weight excluding hydrogens is 429 g/mol. The van der Waals surface area contributed by atoms with Crippen LogP contribution < -0.4 is 14.8 Å². The number of nitrogens with zero attached hydrogens (tertiary/aromatic N) is 4. The van der Waals surface area contributed by atoms with Gasteiger partial charge in [-0.3, -0.25) is 10.1 Å². The van der Waals surface area contributed by atoms with Gasteiger partial charge in [0.2, 0.25) is 11.8 Å². The summed E-state index contributed by atoms with van der Waals surface area (Å²) in [4.78, 5) is 19.5. The van der Waals surface area contributed by atoms with Gasteiger partial charge in [-0.1, -0.05) is 19.1 Å². The number of rotatable bonds is 6. The molecule has 5 rings (SSSR count). The Bertz CT molecular complexity index is 1400. The van der Waals surface area contributed by atoms with Crippen molar-refractivity contribution in [2.75, 3.05) is 19.0 Å². The lowest BCUT2D eigenvalue weighted by Crippen LogP contribution is -2.12. The average molecular weight is 449 g/mol. The minimum atomic E-state index is -0.985. The van der Waals surface area contributed by atoms with Gasteiger partial charge in [0.1, 0.15) is 18.1 Å². The van der Waals surface area contributed by atoms with Crippen molar-refractivity contribution in [3.05, 3.63) is 64.2 Å². The van der Waals surface area contributed by atoms with Crippen LogP contribution in [0.3, 0.4) is 0 Å². The summed E-state index contributed by atoms with van der Waals surface area (Å²) in [5.74, 6) is 0.164. The Morgan fingerprint density at radius 3 is 2.97 bits per heavy atom. The summed E-state index contributed by atoms with van der Waals surface area (Å²) in [5.41, 5.74) is 3.17. The number of methoxy groups -OCH3 is 1. The summed E-state index contributed by atoms with van der Waals surface area (Å²) in [5, 5.41) is 15.2. The molecular formula is C23H20FN5O4. The maximum atomic E-state index is 14.0. The topological polar surface area (TPSA) is 104 Å². The number of para-hydroxylation sites is 1. The van der Waals surface area contributed by atoms with E-state index in [1.807, 2.05) is 25.1 Å². The smallest absolute Gasteiger partial charge is 0.307 e. The van der Waals surface area contributed by atoms with Crippen LogP contribution in [0.1, 0.15) is 12.5 Å². The molecule has 168 valence electrons. The molecule has 0 radical (unpaired) electrons. The van der Waals surface area contributed by atoms with Crippen LogP contribution in [-0.4, -0.2) is 33.2 Å². The lowest BCUT2D eigenvalue weighted by molar-refractivity contribution is -0.387. The Morgan fingerprint density at radius 1 is 1.36 bits per heavy atom. The summed E-state index contributed by atoms with van der Waals surface area (Å²) in [6, 6.07) is 7.96. The van der Waals surface area contributed by atoms with E-state index >= 15 is 0 Å². The molecule has 2 aromatic carbocycles. The molecule has 3 heterocycles. The van der Waals surface area contributed by atoms with Crippen LogP contribution in [-0.2, 0) is 13.0 Å². The van der Waals surface area contributed by atoms with Crippen LogP contribution in [0.4, 0.5) is 21.7 Å². The van der Waals surface area contributed by atoms with E-state index in [-0.39, 0.29) is 17.4 Å². The zero-order valence-electron chi connectivity index (χ0n) is 18.0. The fourth-order valence-electron chi connectivity index (χ4n) is 4.09. The van der Waals surface area contributed by atoms with E-state index in [4.69, 9.17) is 14.5 Å². The molecule has 1 aliphatic rings. The van der Waals surface area contributed by atoms with Gasteiger partial charge in [0.15, 0.2) is 0 Å². The van der Waals surface area contributed by atoms with Gasteiger partial charge in [0.05, 0.1) is 35.5 Å². The third kappa shape index (κ3) is 3.49. The summed E-state index contributed by atoms with van der Waals surface area (Å²) >= 11 is 0. The first kappa shape index (κ1) is 20.7. The average Bonchev–Trinajstić information content (AvgIpc) is 3.20. The van der Waals surface area contributed by atoms with E-state index in [2.05, 4.69) is 21.1 Å². The minimum absolute atomic E-state index is 0.104. The minimum Gasteiger partial charge on any atom is -0.494 e. The second kappa shape index (κ2) is 8.05. The summed E-state index contributed by atoms with van der Waals surface area (Å²) in [6.45, 7) is 3.36. The number of hydrogen-bond acceptors (Lipinski definition) is 7. The zero-order chi connectivity index (χ0) is 23.1. The van der Waals surface area contributed by atoms with Gasteiger partial charge in [0.25, 0.3) is 0 Å². The molecule has 0 spiro atoms. The molecule has 0 fully saturated rings. The number of aromatic nitrogens is 3. The van der Waals surface area contributed by atoms with E-state index < -0.39 is 16.4 Å². The molecule has 0 aliphatic carbocycles. The van der Waals surface area contributed by atoms with Gasteiger partial charge in [0, 0.05) is 35.5 Å². The highest BCUT2D eigenvalue weighted by Gasteiger charge is 2.22. The van der Waals surface area contributed by atoms with Crippen molar-refractivity contribution in [3.8, 4) is 22.8 Å². The third-order valence-electron chi connectivity index (χ3n) is 5.66. The molecule has 2 aromatic heterocycles. The number of hydrogen-bond donors (Lipinski definition) is 1. The van der Waals surface area contributed by atoms with Gasteiger partial charge in [-0.05, 0) is 18.1 Å². The molecule has 0 unspecified atom stereocenters. The maximum Gasteiger partial charge on any atom is 0.307 e. The van der Waals surface area contributed by atoms with Crippen LogP contribution >= 0.6 is 0 Å². The Balaban J connectivity index is 1.62. The van der Waals surface area contributed by atoms with Crippen molar-refractivity contribution >= 4 is 28.2 Å². The Hall–Kier alpha value is -4.21. The second-order valence-electron chi connectivity index (χ2n) is 7.54. The first-order valence-corrected chi connectivity index (χ1v) is 10.4. The maximum absolute atomic E-state index is 14.0. The summed E-state index contributed by atoms with van der Waals surface area (Å²) < 4.78 is 27.2. The second-order valence-corrected chi connectivity index (χ2v) is 7.54. The highest BCUT2D eigenvalue weighted by molar-refractivity contribution is 5.99. The molecule has 9 nitrogen and oxygen atoms in total. The van der Waals surface area contributed by atoms with Crippen LogP contribution in [0.5, 0.6) is 11.5 Å². The molecule has 0 bridgehead atoms. The molecule has 0 atom stereocenters. The number of nitro groups is 1. The number of benzene rings is 2. The molecule has 1 aliphatic heterocycles. The zero-order valence-corrected chi connectivity index (χ0v) is 18.0. The van der Waals surface area contributed by atoms with Crippen molar-refractivity contribution in [2.24, 2.45) is 0 Å². The van der Waals surface area contributed by atoms with Crippen LogP contribution in [0.25, 0.3) is 22.2 Å². The van der Waals surface area contributed by atoms with E-state index in [0.717, 1.165) is 52.2 Å². The molecule has 0 amide bonds. The SMILES string of the molecule is CCc1cnc(Nc2cc([N+](=O)[O-])c(F)cc2OC)nc1-c1cn2c3c(cccc13)OCC2. The predicted octanol–water partition coefficient (Wildman–Crippen LogP) is 4.85. The standard InChI is InChI=1S/C23H20FN5O4/c1-3-13-11-25-23(26-17-10-18(29(30)31)16(24)9-20(17)32-2)27-21(13)15-12-28-7-8-33-19-6-4-5-14(15)22(19)28/h4-6,9-12H,3,7-8H2,1-2H3,(H,25,26,27). The van der Waals surface area contributed by atoms with Gasteiger partial charge in [-0.15, -0.1) is 0 Å². The number of anilines is 2. The van der Waals surface area contributed by atoms with Crippen LogP contribution in [0.15, 0.2) is 42.7 Å². The Labute approximate surface area is 188 Å². The van der Waals surface area contributed by atoms with Crippen molar-refractivity contribution in [1.29, 1.82) is 0 Å². The van der Waals surface area contributed by atoms with Gasteiger partial charge in [-0.2, -0.15) is 4.39 Å². The van der Waals surface area contributed by atoms with E-state index in [0.29, 0.717) is 13.0 Å². The monoisotopic (exact) mass is 449 g/mol. The van der Waals surface area contributed by atoms with Crippen LogP contribution in [0.2, 0.25) is 0 Å². The highest BCUT2D eigenvalue weighted by Crippen LogP contribution is 2.39. The Morgan fingerprint density at radius 2 is 2.21 bits per heavy atom. The van der Waals surface area contributed by atoms with Crippen molar-refractivity contribution in [1.82, 2.24) is 14.5 Å². The first-order chi connectivity index (χ1) is 16.0. The first-order valence-electron chi connectivity index (χ1n) is 10.4. The predicted molar refractivity (Wildman–Crippen MR) is 121 cm³/mol. The number of nitrogens with one attached hydrogen (secondary N) is 1. The quantitative estimate of drug-likeness (QED) is 0.331. The third-order valence-corrected chi connectivity index (χ3v) is 5.66. The van der Waals surface area contributed by atoms with Crippen molar-refractivity contribution < 1.29 is 18.8 Å². The van der Waals surface area contributed by atoms with E-state index in [1.165, 1.54) is 7.11 Å². The largest absolute Gasteiger partial charge is 0.494 e. The molecule has 4 aromatic rings. The molecule has 33 heavy (non-hydrogen) atoms. The lowest BCUT2D eigenvalue weighted by Gasteiger charge is -2.16. The van der Waals surface area contributed by atoms with Gasteiger partial charge >= 0.3 is 5.69 Å². The number of ether oxygens (including phenoxy) is 2. The molecule has 10 heteroatoms. The molecule has 0 saturated carbocycles. The van der Waals surface area contributed by atoms with E-state index in [9.17, 15) is 14.5 Å². The van der Waals surface area contributed by atoms with Gasteiger partial charge < -0.3 is 19.4 Å². The normalized spacial score (nSPS) is 12.5. The summed E-state index contributed by atoms with van der Waals surface area (Å²) in [6.07, 6.45) is 4.49. The van der Waals surface area contributed by atoms with Crippen LogP contribution in [0, 0.1) is 15.9 Å². The number of nitro benzene ring substituents is 1. The Kier molecular flexibility index (Phi) is 5.04. The van der Waals surface area contributed by atoms with Gasteiger partial charge in [-0.25, -0.2) is 9.97 Å². The van der Waals surface area contributed by atoms with Crippen molar-refractivity contribution in [3.63, 3.8) is 0 Å². The fraction of sp³-hybridized carbons (Fsp3) is 0.217. The number of aryl methyl sites for hydroxylation is 1. The fourth-order valence-corrected chi connectivity index (χ4v) is 4.09. The van der Waals surface area contributed by atoms with E-state index in [1.54, 1.807) is 6.20 Å².